The number of aliphatic hydroxyl groups is 1. The predicted octanol–water partition coefficient (Wildman–Crippen LogP) is 2.13. The van der Waals surface area contributed by atoms with Crippen LogP contribution in [0.4, 0.5) is 0 Å². The number of piperidine rings is 1. The molecule has 1 unspecified atom stereocenters. The number of hydrogen-bond donors (Lipinski definition) is 1. The Labute approximate surface area is 115 Å². The average molecular weight is 264 g/mol. The molecule has 0 aromatic carbocycles. The van der Waals surface area contributed by atoms with E-state index in [1.54, 1.807) is 0 Å². The summed E-state index contributed by atoms with van der Waals surface area (Å²) < 4.78 is 2.03. The van der Waals surface area contributed by atoms with E-state index in [2.05, 4.69) is 6.92 Å². The lowest BCUT2D eigenvalue weighted by atomic mass is 9.92. The zero-order chi connectivity index (χ0) is 13.8. The summed E-state index contributed by atoms with van der Waals surface area (Å²) in [5.74, 6) is 0.467. The Balaban J connectivity index is 1.99. The third-order valence-electron chi connectivity index (χ3n) is 4.02. The lowest BCUT2D eigenvalue weighted by Gasteiger charge is -2.33. The molecule has 106 valence electrons. The second-order valence-electron chi connectivity index (χ2n) is 5.46. The molecule has 1 fully saturated rings. The van der Waals surface area contributed by atoms with Crippen LogP contribution in [-0.4, -0.2) is 39.7 Å². The molecule has 1 aliphatic heterocycles. The molecule has 1 amide bonds. The molecule has 1 atom stereocenters. The number of hydrogen-bond acceptors (Lipinski definition) is 2. The van der Waals surface area contributed by atoms with Gasteiger partial charge in [-0.15, -0.1) is 0 Å². The first kappa shape index (κ1) is 14.1. The van der Waals surface area contributed by atoms with E-state index >= 15 is 0 Å². The predicted molar refractivity (Wildman–Crippen MR) is 75.0 cm³/mol. The number of carbonyl (C=O) groups excluding carboxylic acids is 1. The number of aromatic nitrogens is 1. The molecular weight excluding hydrogens is 240 g/mol. The molecule has 1 aromatic heterocycles. The van der Waals surface area contributed by atoms with Crippen LogP contribution in [-0.2, 0) is 6.54 Å². The van der Waals surface area contributed by atoms with Crippen LogP contribution in [0.2, 0.25) is 0 Å². The van der Waals surface area contributed by atoms with Crippen LogP contribution < -0.4 is 0 Å². The van der Waals surface area contributed by atoms with Crippen LogP contribution in [0.3, 0.4) is 0 Å². The number of likely N-dealkylation sites (tertiary alicyclic amines) is 1. The van der Waals surface area contributed by atoms with Crippen LogP contribution in [0, 0.1) is 5.92 Å². The summed E-state index contributed by atoms with van der Waals surface area (Å²) in [6.07, 6.45) is 4.54. The summed E-state index contributed by atoms with van der Waals surface area (Å²) in [6.45, 7) is 6.35. The van der Waals surface area contributed by atoms with Crippen molar-refractivity contribution in [3.05, 3.63) is 24.0 Å². The molecule has 0 saturated carbocycles. The molecule has 0 radical (unpaired) electrons. The quantitative estimate of drug-likeness (QED) is 0.905. The van der Waals surface area contributed by atoms with Crippen molar-refractivity contribution >= 4 is 5.91 Å². The highest BCUT2D eigenvalue weighted by atomic mass is 16.3. The normalized spacial score (nSPS) is 18.6. The summed E-state index contributed by atoms with van der Waals surface area (Å²) in [5.41, 5.74) is 0.789. The standard InChI is InChI=1S/C15H24N2O2/c1-3-8-16-9-4-5-14(16)15(19)17-10-6-13(7-11-17)12(2)18/h4-5,9,12-13,18H,3,6-8,10-11H2,1-2H3. The molecule has 1 aromatic rings. The first-order valence-corrected chi connectivity index (χ1v) is 7.26. The molecule has 0 spiro atoms. The van der Waals surface area contributed by atoms with Gasteiger partial charge >= 0.3 is 0 Å². The molecule has 4 heteroatoms. The molecule has 1 aliphatic rings. The number of nitrogens with zero attached hydrogens (tertiary/aromatic N) is 2. The topological polar surface area (TPSA) is 45.5 Å². The van der Waals surface area contributed by atoms with Crippen molar-refractivity contribution in [1.82, 2.24) is 9.47 Å². The maximum absolute atomic E-state index is 12.5. The molecule has 2 heterocycles. The van der Waals surface area contributed by atoms with Crippen LogP contribution >= 0.6 is 0 Å². The van der Waals surface area contributed by atoms with Crippen molar-refractivity contribution in [2.45, 2.75) is 45.8 Å². The van der Waals surface area contributed by atoms with E-state index in [1.807, 2.05) is 34.7 Å². The smallest absolute Gasteiger partial charge is 0.270 e. The number of amides is 1. The highest BCUT2D eigenvalue weighted by Gasteiger charge is 2.26. The van der Waals surface area contributed by atoms with Gasteiger partial charge < -0.3 is 14.6 Å². The zero-order valence-corrected chi connectivity index (χ0v) is 11.9. The Bertz CT molecular complexity index is 418. The number of carbonyl (C=O) groups is 1. The van der Waals surface area contributed by atoms with Gasteiger partial charge in [-0.3, -0.25) is 4.79 Å². The first-order valence-electron chi connectivity index (χ1n) is 7.26. The van der Waals surface area contributed by atoms with Crippen molar-refractivity contribution in [3.8, 4) is 0 Å². The average Bonchev–Trinajstić information content (AvgIpc) is 2.87. The Morgan fingerprint density at radius 3 is 2.74 bits per heavy atom. The van der Waals surface area contributed by atoms with Crippen molar-refractivity contribution in [2.24, 2.45) is 5.92 Å². The maximum Gasteiger partial charge on any atom is 0.270 e. The molecule has 2 rings (SSSR count). The zero-order valence-electron chi connectivity index (χ0n) is 11.9. The Morgan fingerprint density at radius 1 is 1.47 bits per heavy atom. The maximum atomic E-state index is 12.5. The van der Waals surface area contributed by atoms with Gasteiger partial charge in [-0.1, -0.05) is 6.92 Å². The molecule has 0 aliphatic carbocycles. The third kappa shape index (κ3) is 3.18. The number of rotatable bonds is 4. The molecule has 1 N–H and O–H groups in total. The van der Waals surface area contributed by atoms with Gasteiger partial charge in [0.2, 0.25) is 0 Å². The highest BCUT2D eigenvalue weighted by molar-refractivity contribution is 5.92. The second-order valence-corrected chi connectivity index (χ2v) is 5.46. The lowest BCUT2D eigenvalue weighted by Crippen LogP contribution is -2.41. The van der Waals surface area contributed by atoms with Crippen LogP contribution in [0.15, 0.2) is 18.3 Å². The fourth-order valence-electron chi connectivity index (χ4n) is 2.79. The monoisotopic (exact) mass is 264 g/mol. The molecular formula is C15H24N2O2. The van der Waals surface area contributed by atoms with Gasteiger partial charge in [-0.25, -0.2) is 0 Å². The van der Waals surface area contributed by atoms with E-state index in [4.69, 9.17) is 0 Å². The summed E-state index contributed by atoms with van der Waals surface area (Å²) in [6, 6.07) is 3.84. The van der Waals surface area contributed by atoms with E-state index in [1.165, 1.54) is 0 Å². The van der Waals surface area contributed by atoms with Gasteiger partial charge in [0, 0.05) is 25.8 Å². The summed E-state index contributed by atoms with van der Waals surface area (Å²) in [4.78, 5) is 14.4. The minimum atomic E-state index is -0.263. The molecule has 4 nitrogen and oxygen atoms in total. The highest BCUT2D eigenvalue weighted by Crippen LogP contribution is 2.22. The largest absolute Gasteiger partial charge is 0.393 e. The van der Waals surface area contributed by atoms with Crippen molar-refractivity contribution < 1.29 is 9.90 Å². The van der Waals surface area contributed by atoms with Crippen LogP contribution in [0.1, 0.15) is 43.6 Å². The van der Waals surface area contributed by atoms with E-state index in [0.29, 0.717) is 5.92 Å². The minimum Gasteiger partial charge on any atom is -0.393 e. The first-order chi connectivity index (χ1) is 9.13. The van der Waals surface area contributed by atoms with E-state index in [0.717, 1.165) is 44.6 Å². The fraction of sp³-hybridized carbons (Fsp3) is 0.667. The van der Waals surface area contributed by atoms with Gasteiger partial charge in [-0.05, 0) is 44.2 Å². The van der Waals surface area contributed by atoms with Crippen molar-refractivity contribution in [3.63, 3.8) is 0 Å². The van der Waals surface area contributed by atoms with E-state index in [9.17, 15) is 9.90 Å². The lowest BCUT2D eigenvalue weighted by molar-refractivity contribution is 0.0513. The Hall–Kier alpha value is -1.29. The van der Waals surface area contributed by atoms with Crippen molar-refractivity contribution in [1.29, 1.82) is 0 Å². The number of aryl methyl sites for hydroxylation is 1. The summed E-state index contributed by atoms with van der Waals surface area (Å²) >= 11 is 0. The Morgan fingerprint density at radius 2 is 2.16 bits per heavy atom. The van der Waals surface area contributed by atoms with E-state index in [-0.39, 0.29) is 12.0 Å². The van der Waals surface area contributed by atoms with Gasteiger partial charge in [0.05, 0.1) is 6.10 Å². The van der Waals surface area contributed by atoms with Crippen LogP contribution in [0.5, 0.6) is 0 Å². The SMILES string of the molecule is CCCn1cccc1C(=O)N1CCC(C(C)O)CC1. The second kappa shape index (κ2) is 6.24. The third-order valence-corrected chi connectivity index (χ3v) is 4.02. The van der Waals surface area contributed by atoms with Gasteiger partial charge in [0.1, 0.15) is 5.69 Å². The van der Waals surface area contributed by atoms with Gasteiger partial charge in [0.25, 0.3) is 5.91 Å². The molecule has 19 heavy (non-hydrogen) atoms. The van der Waals surface area contributed by atoms with Gasteiger partial charge in [-0.2, -0.15) is 0 Å². The summed E-state index contributed by atoms with van der Waals surface area (Å²) in [7, 11) is 0. The minimum absolute atomic E-state index is 0.127. The fourth-order valence-corrected chi connectivity index (χ4v) is 2.79. The van der Waals surface area contributed by atoms with E-state index < -0.39 is 0 Å². The number of aliphatic hydroxyl groups excluding tert-OH is 1. The van der Waals surface area contributed by atoms with Crippen molar-refractivity contribution in [2.75, 3.05) is 13.1 Å². The molecule has 0 bridgehead atoms. The van der Waals surface area contributed by atoms with Crippen LogP contribution in [0.25, 0.3) is 0 Å². The van der Waals surface area contributed by atoms with Gasteiger partial charge in [0.15, 0.2) is 0 Å². The molecule has 1 saturated heterocycles. The summed E-state index contributed by atoms with van der Waals surface area (Å²) in [5, 5.41) is 9.59. The Kier molecular flexibility index (Phi) is 4.64.